The maximum Gasteiger partial charge on any atom is 0.281 e. The van der Waals surface area contributed by atoms with E-state index in [2.05, 4.69) is 30.4 Å². The predicted molar refractivity (Wildman–Crippen MR) is 101 cm³/mol. The van der Waals surface area contributed by atoms with Crippen molar-refractivity contribution in [3.8, 4) is 39.9 Å². The van der Waals surface area contributed by atoms with E-state index in [9.17, 15) is 4.39 Å². The molecule has 0 atom stereocenters. The Bertz CT molecular complexity index is 1270. The summed E-state index contributed by atoms with van der Waals surface area (Å²) in [5, 5.41) is 12.4. The summed E-state index contributed by atoms with van der Waals surface area (Å²) < 4.78 is 21.3. The third kappa shape index (κ3) is 3.04. The van der Waals surface area contributed by atoms with Gasteiger partial charge in [-0.1, -0.05) is 22.5 Å². The van der Waals surface area contributed by atoms with Crippen LogP contribution in [0.25, 0.3) is 39.9 Å². The van der Waals surface area contributed by atoms with Crippen molar-refractivity contribution in [1.29, 1.82) is 0 Å². The number of rotatable bonds is 4. The molecule has 0 aliphatic heterocycles. The molecular weight excluding hydrogens is 373 g/mol. The summed E-state index contributed by atoms with van der Waals surface area (Å²) >= 11 is 0. The summed E-state index contributed by atoms with van der Waals surface area (Å²) in [5.74, 6) is 0.136. The van der Waals surface area contributed by atoms with Gasteiger partial charge >= 0.3 is 0 Å². The lowest BCUT2D eigenvalue weighted by Gasteiger charge is -2.08. The maximum absolute atomic E-state index is 14.4. The Hall–Kier alpha value is -4.27. The van der Waals surface area contributed by atoms with Gasteiger partial charge < -0.3 is 4.52 Å². The minimum absolute atomic E-state index is 0.172. The van der Waals surface area contributed by atoms with Crippen molar-refractivity contribution in [2.45, 2.75) is 0 Å². The van der Waals surface area contributed by atoms with Crippen LogP contribution in [0.4, 0.5) is 4.39 Å². The molecule has 9 heteroatoms. The van der Waals surface area contributed by atoms with Crippen molar-refractivity contribution in [2.24, 2.45) is 0 Å². The Morgan fingerprint density at radius 2 is 1.52 bits per heavy atom. The molecule has 140 valence electrons. The van der Waals surface area contributed by atoms with Crippen LogP contribution in [0.1, 0.15) is 0 Å². The largest absolute Gasteiger partial charge is 0.332 e. The highest BCUT2D eigenvalue weighted by molar-refractivity contribution is 5.75. The van der Waals surface area contributed by atoms with Crippen LogP contribution in [-0.2, 0) is 0 Å². The van der Waals surface area contributed by atoms with Crippen LogP contribution in [0, 0.1) is 5.82 Å². The molecule has 8 nitrogen and oxygen atoms in total. The zero-order chi connectivity index (χ0) is 19.6. The summed E-state index contributed by atoms with van der Waals surface area (Å²) in [6.45, 7) is 0. The van der Waals surface area contributed by atoms with Crippen LogP contribution in [0.2, 0.25) is 0 Å². The second-order valence-corrected chi connectivity index (χ2v) is 6.04. The van der Waals surface area contributed by atoms with Gasteiger partial charge in [-0.15, -0.1) is 5.10 Å². The molecule has 5 aromatic rings. The Balaban J connectivity index is 1.69. The van der Waals surface area contributed by atoms with Gasteiger partial charge in [-0.2, -0.15) is 4.98 Å². The average Bonchev–Trinajstić information content (AvgIpc) is 3.43. The summed E-state index contributed by atoms with van der Waals surface area (Å²) in [7, 11) is 0. The molecule has 0 aliphatic rings. The Kier molecular flexibility index (Phi) is 4.10. The van der Waals surface area contributed by atoms with Gasteiger partial charge in [0.25, 0.3) is 5.89 Å². The maximum atomic E-state index is 14.4. The van der Waals surface area contributed by atoms with Crippen molar-refractivity contribution in [3.63, 3.8) is 0 Å². The summed E-state index contributed by atoms with van der Waals surface area (Å²) in [6, 6.07) is 13.4. The van der Waals surface area contributed by atoms with Gasteiger partial charge in [-0.25, -0.2) is 9.07 Å². The van der Waals surface area contributed by atoms with Crippen LogP contribution in [0.3, 0.4) is 0 Å². The van der Waals surface area contributed by atoms with Crippen molar-refractivity contribution in [3.05, 3.63) is 79.1 Å². The van der Waals surface area contributed by atoms with E-state index in [0.29, 0.717) is 17.2 Å². The molecule has 0 fully saturated rings. The molecule has 0 saturated heterocycles. The van der Waals surface area contributed by atoms with E-state index >= 15 is 0 Å². The minimum atomic E-state index is -0.428. The van der Waals surface area contributed by atoms with E-state index in [1.165, 1.54) is 10.7 Å². The van der Waals surface area contributed by atoms with Gasteiger partial charge in [0.15, 0.2) is 5.69 Å². The Morgan fingerprint density at radius 1 is 0.828 bits per heavy atom. The first kappa shape index (κ1) is 16.9. The third-order valence-corrected chi connectivity index (χ3v) is 4.27. The molecule has 1 aromatic carbocycles. The van der Waals surface area contributed by atoms with E-state index in [1.807, 2.05) is 0 Å². The molecule has 0 N–H and O–H groups in total. The number of hydrogen-bond acceptors (Lipinski definition) is 7. The van der Waals surface area contributed by atoms with Gasteiger partial charge in [-0.05, 0) is 36.4 Å². The molecule has 0 spiro atoms. The number of aromatic nitrogens is 7. The fourth-order valence-corrected chi connectivity index (χ4v) is 2.92. The van der Waals surface area contributed by atoms with E-state index < -0.39 is 5.82 Å². The molecule has 0 saturated carbocycles. The fourth-order valence-electron chi connectivity index (χ4n) is 2.92. The summed E-state index contributed by atoms with van der Waals surface area (Å²) in [6.07, 6.45) is 6.55. The highest BCUT2D eigenvalue weighted by atomic mass is 19.1. The van der Waals surface area contributed by atoms with Gasteiger partial charge in [0.1, 0.15) is 17.2 Å². The van der Waals surface area contributed by atoms with Gasteiger partial charge in [0.2, 0.25) is 5.82 Å². The monoisotopic (exact) mass is 385 g/mol. The predicted octanol–water partition coefficient (Wildman–Crippen LogP) is 3.58. The van der Waals surface area contributed by atoms with Gasteiger partial charge in [0, 0.05) is 35.9 Å². The van der Waals surface area contributed by atoms with Crippen molar-refractivity contribution in [2.75, 3.05) is 0 Å². The second-order valence-electron chi connectivity index (χ2n) is 6.04. The molecule has 0 unspecified atom stereocenters. The van der Waals surface area contributed by atoms with Crippen molar-refractivity contribution < 1.29 is 8.91 Å². The molecular formula is C20H12FN7O. The number of pyridine rings is 2. The lowest BCUT2D eigenvalue weighted by Crippen LogP contribution is -2.02. The molecule has 0 bridgehead atoms. The van der Waals surface area contributed by atoms with E-state index in [0.717, 1.165) is 11.1 Å². The van der Waals surface area contributed by atoms with Crippen LogP contribution < -0.4 is 0 Å². The lowest BCUT2D eigenvalue weighted by molar-refractivity contribution is 0.431. The van der Waals surface area contributed by atoms with Crippen LogP contribution in [0.5, 0.6) is 0 Å². The summed E-state index contributed by atoms with van der Waals surface area (Å²) in [5.41, 5.74) is 2.59. The molecule has 0 amide bonds. The smallest absolute Gasteiger partial charge is 0.281 e. The Labute approximate surface area is 163 Å². The van der Waals surface area contributed by atoms with Crippen molar-refractivity contribution >= 4 is 0 Å². The van der Waals surface area contributed by atoms with Crippen LogP contribution in [-0.4, -0.2) is 35.1 Å². The first-order chi connectivity index (χ1) is 14.3. The number of halogens is 1. The van der Waals surface area contributed by atoms with E-state index in [1.54, 1.807) is 67.3 Å². The molecule has 4 aromatic heterocycles. The van der Waals surface area contributed by atoms with Crippen LogP contribution >= 0.6 is 0 Å². The van der Waals surface area contributed by atoms with Gasteiger partial charge in [0.05, 0.1) is 0 Å². The summed E-state index contributed by atoms with van der Waals surface area (Å²) in [4.78, 5) is 12.5. The van der Waals surface area contributed by atoms with Gasteiger partial charge in [-0.3, -0.25) is 9.97 Å². The van der Waals surface area contributed by atoms with E-state index in [-0.39, 0.29) is 11.6 Å². The highest BCUT2D eigenvalue weighted by Crippen LogP contribution is 2.32. The number of nitrogens with zero attached hydrogens (tertiary/aromatic N) is 7. The number of benzene rings is 1. The topological polar surface area (TPSA) is 95.4 Å². The average molecular weight is 385 g/mol. The number of para-hydroxylation sites is 1. The second kappa shape index (κ2) is 7.04. The first-order valence-corrected chi connectivity index (χ1v) is 8.67. The number of hydrogen-bond donors (Lipinski definition) is 0. The van der Waals surface area contributed by atoms with Crippen LogP contribution in [0.15, 0.2) is 77.8 Å². The quantitative estimate of drug-likeness (QED) is 0.466. The zero-order valence-corrected chi connectivity index (χ0v) is 14.8. The standard InChI is InChI=1S/C20H12FN7O/c21-15-3-1-2-4-16(15)28-18(13-5-9-22-10-6-13)17(25-27-28)20-24-19(26-29-20)14-7-11-23-12-8-14/h1-12H. The molecule has 4 heterocycles. The van der Waals surface area contributed by atoms with Crippen molar-refractivity contribution in [1.82, 2.24) is 35.1 Å². The van der Waals surface area contributed by atoms with E-state index in [4.69, 9.17) is 4.52 Å². The third-order valence-electron chi connectivity index (χ3n) is 4.27. The Morgan fingerprint density at radius 3 is 2.24 bits per heavy atom. The molecule has 29 heavy (non-hydrogen) atoms. The lowest BCUT2D eigenvalue weighted by atomic mass is 10.1. The molecule has 0 radical (unpaired) electrons. The first-order valence-electron chi connectivity index (χ1n) is 8.67. The fraction of sp³-hybridized carbons (Fsp3) is 0. The highest BCUT2D eigenvalue weighted by Gasteiger charge is 2.24. The molecule has 0 aliphatic carbocycles. The SMILES string of the molecule is Fc1ccccc1-n1nnc(-c2nc(-c3ccncc3)no2)c1-c1ccncc1. The normalized spacial score (nSPS) is 10.9. The minimum Gasteiger partial charge on any atom is -0.332 e. The molecule has 5 rings (SSSR count). The zero-order valence-electron chi connectivity index (χ0n) is 14.8.